The van der Waals surface area contributed by atoms with Crippen LogP contribution in [0.3, 0.4) is 0 Å². The third-order valence-corrected chi connectivity index (χ3v) is 2.93. The van der Waals surface area contributed by atoms with Crippen LogP contribution in [-0.4, -0.2) is 12.7 Å². The molecule has 1 fully saturated rings. The summed E-state index contributed by atoms with van der Waals surface area (Å²) in [5.74, 6) is 0. The van der Waals surface area contributed by atoms with Crippen molar-refractivity contribution in [3.8, 4) is 0 Å². The Labute approximate surface area is 96.9 Å². The number of rotatable bonds is 2. The largest absolute Gasteiger partial charge is 0.348 e. The maximum Gasteiger partial charge on any atom is 0.184 e. The molecule has 0 aromatic heterocycles. The lowest BCUT2D eigenvalue weighted by Gasteiger charge is -2.40. The van der Waals surface area contributed by atoms with Crippen LogP contribution in [0, 0.1) is 5.41 Å². The fourth-order valence-corrected chi connectivity index (χ4v) is 1.89. The van der Waals surface area contributed by atoms with Gasteiger partial charge in [0.05, 0.1) is 12.7 Å². The maximum atomic E-state index is 5.90. The van der Waals surface area contributed by atoms with Gasteiger partial charge in [-0.3, -0.25) is 0 Å². The minimum absolute atomic E-state index is 0.00691. The van der Waals surface area contributed by atoms with Crippen LogP contribution in [0.4, 0.5) is 0 Å². The number of benzene rings is 1. The summed E-state index contributed by atoms with van der Waals surface area (Å²) in [6.07, 6.45) is 1.63. The lowest BCUT2D eigenvalue weighted by molar-refractivity contribution is -0.250. The topological polar surface area (TPSA) is 18.5 Å². The van der Waals surface area contributed by atoms with Gasteiger partial charge in [0.2, 0.25) is 0 Å². The third-order valence-electron chi connectivity index (χ3n) is 2.93. The molecule has 1 aliphatic rings. The first kappa shape index (κ1) is 11.4. The van der Waals surface area contributed by atoms with Crippen molar-refractivity contribution in [2.75, 3.05) is 6.61 Å². The van der Waals surface area contributed by atoms with E-state index in [-0.39, 0.29) is 17.8 Å². The highest BCUT2D eigenvalue weighted by Gasteiger charge is 2.36. The molecule has 0 N–H and O–H groups in total. The smallest absolute Gasteiger partial charge is 0.184 e. The summed E-state index contributed by atoms with van der Waals surface area (Å²) in [7, 11) is 0. The van der Waals surface area contributed by atoms with Crippen molar-refractivity contribution in [2.24, 2.45) is 5.41 Å². The van der Waals surface area contributed by atoms with Crippen molar-refractivity contribution in [3.05, 3.63) is 48.6 Å². The molecule has 1 saturated heterocycles. The molecular formula is C14H18O2. The SMILES string of the molecule is C=C[C@@H]1O[C@H](c2ccccc2)OCC1(C)C. The zero-order chi connectivity index (χ0) is 11.6. The van der Waals surface area contributed by atoms with Gasteiger partial charge in [0.1, 0.15) is 0 Å². The highest BCUT2D eigenvalue weighted by molar-refractivity contribution is 5.16. The van der Waals surface area contributed by atoms with Crippen molar-refractivity contribution in [2.45, 2.75) is 26.2 Å². The normalized spacial score (nSPS) is 28.6. The minimum atomic E-state index is -0.266. The van der Waals surface area contributed by atoms with E-state index >= 15 is 0 Å². The molecule has 0 amide bonds. The molecule has 0 aliphatic carbocycles. The van der Waals surface area contributed by atoms with Crippen LogP contribution in [0.5, 0.6) is 0 Å². The Morgan fingerprint density at radius 1 is 1.31 bits per heavy atom. The van der Waals surface area contributed by atoms with Crippen LogP contribution >= 0.6 is 0 Å². The van der Waals surface area contributed by atoms with Crippen molar-refractivity contribution >= 4 is 0 Å². The zero-order valence-electron chi connectivity index (χ0n) is 9.85. The van der Waals surface area contributed by atoms with Gasteiger partial charge >= 0.3 is 0 Å². The van der Waals surface area contributed by atoms with Gasteiger partial charge in [0.15, 0.2) is 6.29 Å². The maximum absolute atomic E-state index is 5.90. The van der Waals surface area contributed by atoms with E-state index in [1.807, 2.05) is 36.4 Å². The molecule has 0 bridgehead atoms. The van der Waals surface area contributed by atoms with Crippen LogP contribution in [0.2, 0.25) is 0 Å². The van der Waals surface area contributed by atoms with Gasteiger partial charge in [0, 0.05) is 11.0 Å². The van der Waals surface area contributed by atoms with E-state index in [4.69, 9.17) is 9.47 Å². The Morgan fingerprint density at radius 3 is 2.62 bits per heavy atom. The summed E-state index contributed by atoms with van der Waals surface area (Å²) in [5.41, 5.74) is 1.05. The van der Waals surface area contributed by atoms with E-state index in [0.717, 1.165) is 5.56 Å². The van der Waals surface area contributed by atoms with Crippen molar-refractivity contribution in [3.63, 3.8) is 0 Å². The standard InChI is InChI=1S/C14H18O2/c1-4-12-14(2,3)10-15-13(16-12)11-8-6-5-7-9-11/h4-9,12-13H,1,10H2,2-3H3/t12-,13+/m0/s1. The van der Waals surface area contributed by atoms with E-state index in [2.05, 4.69) is 20.4 Å². The lowest BCUT2D eigenvalue weighted by atomic mass is 9.86. The average molecular weight is 218 g/mol. The molecule has 0 saturated carbocycles. The molecule has 2 nitrogen and oxygen atoms in total. The van der Waals surface area contributed by atoms with Gasteiger partial charge < -0.3 is 9.47 Å². The van der Waals surface area contributed by atoms with E-state index in [1.165, 1.54) is 0 Å². The Morgan fingerprint density at radius 2 is 2.00 bits per heavy atom. The Bertz CT molecular complexity index is 356. The second-order valence-electron chi connectivity index (χ2n) is 4.83. The number of hydrogen-bond acceptors (Lipinski definition) is 2. The molecule has 1 aromatic rings. The Balaban J connectivity index is 2.14. The molecule has 16 heavy (non-hydrogen) atoms. The summed E-state index contributed by atoms with van der Waals surface area (Å²) >= 11 is 0. The lowest BCUT2D eigenvalue weighted by Crippen LogP contribution is -2.41. The first-order valence-electron chi connectivity index (χ1n) is 5.58. The van der Waals surface area contributed by atoms with Gasteiger partial charge in [-0.05, 0) is 0 Å². The van der Waals surface area contributed by atoms with Crippen molar-refractivity contribution < 1.29 is 9.47 Å². The molecule has 0 unspecified atom stereocenters. The first-order chi connectivity index (χ1) is 7.63. The molecule has 2 heteroatoms. The molecule has 0 spiro atoms. The molecule has 2 atom stereocenters. The van der Waals surface area contributed by atoms with Crippen molar-refractivity contribution in [1.29, 1.82) is 0 Å². The average Bonchev–Trinajstić information content (AvgIpc) is 2.30. The highest BCUT2D eigenvalue weighted by atomic mass is 16.7. The summed E-state index contributed by atoms with van der Waals surface area (Å²) in [4.78, 5) is 0. The molecule has 0 radical (unpaired) electrons. The summed E-state index contributed by atoms with van der Waals surface area (Å²) in [5, 5.41) is 0. The van der Waals surface area contributed by atoms with Crippen molar-refractivity contribution in [1.82, 2.24) is 0 Å². The van der Waals surface area contributed by atoms with E-state index in [9.17, 15) is 0 Å². The molecule has 86 valence electrons. The predicted molar refractivity (Wildman–Crippen MR) is 64.0 cm³/mol. The monoisotopic (exact) mass is 218 g/mol. The fourth-order valence-electron chi connectivity index (χ4n) is 1.89. The molecular weight excluding hydrogens is 200 g/mol. The van der Waals surface area contributed by atoms with Crippen LogP contribution in [0.25, 0.3) is 0 Å². The Kier molecular flexibility index (Phi) is 3.13. The van der Waals surface area contributed by atoms with Crippen LogP contribution in [0.1, 0.15) is 25.7 Å². The summed E-state index contributed by atoms with van der Waals surface area (Å²) < 4.78 is 11.6. The van der Waals surface area contributed by atoms with E-state index < -0.39 is 0 Å². The van der Waals surface area contributed by atoms with Crippen LogP contribution in [0.15, 0.2) is 43.0 Å². The predicted octanol–water partition coefficient (Wildman–Crippen LogP) is 3.31. The molecule has 1 aliphatic heterocycles. The van der Waals surface area contributed by atoms with Crippen LogP contribution in [-0.2, 0) is 9.47 Å². The van der Waals surface area contributed by atoms with E-state index in [1.54, 1.807) is 0 Å². The minimum Gasteiger partial charge on any atom is -0.348 e. The summed E-state index contributed by atoms with van der Waals surface area (Å²) in [6, 6.07) is 10.0. The van der Waals surface area contributed by atoms with E-state index in [0.29, 0.717) is 6.61 Å². The van der Waals surface area contributed by atoms with Gasteiger partial charge in [-0.1, -0.05) is 50.3 Å². The van der Waals surface area contributed by atoms with Gasteiger partial charge in [-0.25, -0.2) is 0 Å². The number of hydrogen-bond donors (Lipinski definition) is 0. The van der Waals surface area contributed by atoms with Gasteiger partial charge in [0.25, 0.3) is 0 Å². The molecule has 1 aromatic carbocycles. The summed E-state index contributed by atoms with van der Waals surface area (Å²) in [6.45, 7) is 8.76. The number of ether oxygens (including phenoxy) is 2. The second kappa shape index (κ2) is 4.40. The molecule has 2 rings (SSSR count). The van der Waals surface area contributed by atoms with Crippen LogP contribution < -0.4 is 0 Å². The van der Waals surface area contributed by atoms with Gasteiger partial charge in [-0.15, -0.1) is 6.58 Å². The Hall–Kier alpha value is -1.12. The quantitative estimate of drug-likeness (QED) is 0.709. The highest BCUT2D eigenvalue weighted by Crippen LogP contribution is 2.36. The second-order valence-corrected chi connectivity index (χ2v) is 4.83. The third kappa shape index (κ3) is 2.18. The first-order valence-corrected chi connectivity index (χ1v) is 5.58. The zero-order valence-corrected chi connectivity index (χ0v) is 9.85. The molecule has 1 heterocycles. The fraction of sp³-hybridized carbons (Fsp3) is 0.429. The van der Waals surface area contributed by atoms with Gasteiger partial charge in [-0.2, -0.15) is 0 Å².